The van der Waals surface area contributed by atoms with E-state index in [-0.39, 0.29) is 11.8 Å². The normalized spacial score (nSPS) is 13.6. The maximum Gasteiger partial charge on any atom is 0.422 e. The number of halogens is 3. The molecule has 0 bridgehead atoms. The Labute approximate surface area is 91.4 Å². The smallest absolute Gasteiger partial charge is 0.422 e. The highest BCUT2D eigenvalue weighted by atomic mass is 19.4. The lowest BCUT2D eigenvalue weighted by atomic mass is 10.1. The van der Waals surface area contributed by atoms with E-state index in [0.717, 1.165) is 0 Å². The van der Waals surface area contributed by atoms with E-state index in [9.17, 15) is 13.2 Å². The van der Waals surface area contributed by atoms with Gasteiger partial charge in [0.25, 0.3) is 0 Å². The van der Waals surface area contributed by atoms with E-state index in [1.165, 1.54) is 6.20 Å². The third kappa shape index (κ3) is 3.69. The number of ether oxygens (including phenoxy) is 1. The van der Waals surface area contributed by atoms with Crippen LogP contribution < -0.4 is 10.5 Å². The van der Waals surface area contributed by atoms with E-state index < -0.39 is 12.8 Å². The Bertz CT molecular complexity index is 364. The van der Waals surface area contributed by atoms with Gasteiger partial charge in [-0.3, -0.25) is 4.98 Å². The molecular weight excluding hydrogens is 221 g/mol. The van der Waals surface area contributed by atoms with E-state index in [1.54, 1.807) is 19.9 Å². The van der Waals surface area contributed by atoms with Crippen LogP contribution in [0.2, 0.25) is 0 Å². The first-order chi connectivity index (χ1) is 7.29. The molecule has 0 amide bonds. The maximum atomic E-state index is 11.9. The van der Waals surface area contributed by atoms with E-state index in [0.29, 0.717) is 11.3 Å². The Balaban J connectivity index is 2.76. The predicted octanol–water partition coefficient (Wildman–Crippen LogP) is 2.35. The molecule has 3 nitrogen and oxygen atoms in total. The van der Waals surface area contributed by atoms with E-state index in [4.69, 9.17) is 5.73 Å². The van der Waals surface area contributed by atoms with Crippen LogP contribution in [0.4, 0.5) is 13.2 Å². The van der Waals surface area contributed by atoms with E-state index >= 15 is 0 Å². The molecule has 0 fully saturated rings. The fourth-order valence-electron chi connectivity index (χ4n) is 1.12. The van der Waals surface area contributed by atoms with Gasteiger partial charge in [0.2, 0.25) is 0 Å². The molecule has 0 aliphatic carbocycles. The Morgan fingerprint density at radius 1 is 1.50 bits per heavy atom. The highest BCUT2D eigenvalue weighted by Crippen LogP contribution is 2.22. The van der Waals surface area contributed by atoms with Crippen molar-refractivity contribution in [2.75, 3.05) is 6.61 Å². The third-order valence-electron chi connectivity index (χ3n) is 1.94. The van der Waals surface area contributed by atoms with Crippen LogP contribution in [-0.4, -0.2) is 17.8 Å². The zero-order valence-electron chi connectivity index (χ0n) is 9.01. The number of hydrogen-bond donors (Lipinski definition) is 1. The lowest BCUT2D eigenvalue weighted by molar-refractivity contribution is -0.153. The maximum absolute atomic E-state index is 11.9. The van der Waals surface area contributed by atoms with Crippen LogP contribution in [0.1, 0.15) is 24.2 Å². The number of alkyl halides is 3. The summed E-state index contributed by atoms with van der Waals surface area (Å²) in [6, 6.07) is 1.37. The topological polar surface area (TPSA) is 48.1 Å². The molecule has 0 saturated heterocycles. The van der Waals surface area contributed by atoms with Gasteiger partial charge in [-0.15, -0.1) is 0 Å². The molecule has 6 heteroatoms. The first kappa shape index (κ1) is 12.8. The van der Waals surface area contributed by atoms with Gasteiger partial charge in [0.05, 0.1) is 11.9 Å². The summed E-state index contributed by atoms with van der Waals surface area (Å²) in [6.45, 7) is 2.09. The van der Waals surface area contributed by atoms with Crippen LogP contribution in [0.3, 0.4) is 0 Å². The van der Waals surface area contributed by atoms with Crippen molar-refractivity contribution in [1.29, 1.82) is 0 Å². The summed E-state index contributed by atoms with van der Waals surface area (Å²) < 4.78 is 40.4. The fraction of sp³-hybridized carbons (Fsp3) is 0.500. The molecular formula is C10H13F3N2O. The van der Waals surface area contributed by atoms with Gasteiger partial charge < -0.3 is 10.5 Å². The monoisotopic (exact) mass is 234 g/mol. The summed E-state index contributed by atoms with van der Waals surface area (Å²) in [5, 5.41) is 0. The highest BCUT2D eigenvalue weighted by molar-refractivity contribution is 5.31. The molecule has 1 rings (SSSR count). The Morgan fingerprint density at radius 2 is 2.12 bits per heavy atom. The van der Waals surface area contributed by atoms with Crippen molar-refractivity contribution in [3.63, 3.8) is 0 Å². The molecule has 0 aliphatic rings. The van der Waals surface area contributed by atoms with E-state index in [2.05, 4.69) is 9.72 Å². The molecule has 1 unspecified atom stereocenters. The van der Waals surface area contributed by atoms with E-state index in [1.807, 2.05) is 0 Å². The summed E-state index contributed by atoms with van der Waals surface area (Å²) in [5.41, 5.74) is 6.80. The molecule has 0 radical (unpaired) electrons. The average molecular weight is 234 g/mol. The van der Waals surface area contributed by atoms with Crippen LogP contribution >= 0.6 is 0 Å². The number of aromatic nitrogens is 1. The zero-order chi connectivity index (χ0) is 12.3. The van der Waals surface area contributed by atoms with Gasteiger partial charge in [-0.2, -0.15) is 13.2 Å². The molecule has 0 saturated carbocycles. The summed E-state index contributed by atoms with van der Waals surface area (Å²) in [7, 11) is 0. The molecule has 0 spiro atoms. The lowest BCUT2D eigenvalue weighted by Gasteiger charge is -2.12. The molecule has 1 atom stereocenters. The minimum absolute atomic E-state index is 0.127. The van der Waals surface area contributed by atoms with Crippen LogP contribution in [0.15, 0.2) is 12.3 Å². The van der Waals surface area contributed by atoms with Crippen molar-refractivity contribution in [2.45, 2.75) is 26.1 Å². The van der Waals surface area contributed by atoms with Crippen molar-refractivity contribution in [3.05, 3.63) is 23.5 Å². The molecule has 1 aromatic heterocycles. The van der Waals surface area contributed by atoms with Gasteiger partial charge in [-0.1, -0.05) is 0 Å². The van der Waals surface area contributed by atoms with Crippen LogP contribution in [0.25, 0.3) is 0 Å². The zero-order valence-corrected chi connectivity index (χ0v) is 9.01. The van der Waals surface area contributed by atoms with Gasteiger partial charge >= 0.3 is 6.18 Å². The Hall–Kier alpha value is -1.30. The van der Waals surface area contributed by atoms with Crippen molar-refractivity contribution in [2.24, 2.45) is 5.73 Å². The molecule has 1 aromatic rings. The second kappa shape index (κ2) is 4.69. The third-order valence-corrected chi connectivity index (χ3v) is 1.94. The first-order valence-electron chi connectivity index (χ1n) is 4.71. The summed E-state index contributed by atoms with van der Waals surface area (Å²) >= 11 is 0. The Morgan fingerprint density at radius 3 is 2.56 bits per heavy atom. The minimum Gasteiger partial charge on any atom is -0.482 e. The SMILES string of the molecule is Cc1cc(C(C)N)ncc1OCC(F)(F)F. The number of rotatable bonds is 3. The second-order valence-corrected chi connectivity index (χ2v) is 3.57. The summed E-state index contributed by atoms with van der Waals surface area (Å²) in [5.74, 6) is 0.127. The second-order valence-electron chi connectivity index (χ2n) is 3.57. The minimum atomic E-state index is -4.34. The summed E-state index contributed by atoms with van der Waals surface area (Å²) in [4.78, 5) is 3.92. The first-order valence-corrected chi connectivity index (χ1v) is 4.71. The van der Waals surface area contributed by atoms with Crippen LogP contribution in [0, 0.1) is 6.92 Å². The van der Waals surface area contributed by atoms with Crippen molar-refractivity contribution in [1.82, 2.24) is 4.98 Å². The van der Waals surface area contributed by atoms with Crippen LogP contribution in [0.5, 0.6) is 5.75 Å². The molecule has 1 heterocycles. The largest absolute Gasteiger partial charge is 0.482 e. The van der Waals surface area contributed by atoms with Gasteiger partial charge in [-0.25, -0.2) is 0 Å². The molecule has 90 valence electrons. The average Bonchev–Trinajstić information content (AvgIpc) is 2.14. The number of nitrogens with two attached hydrogens (primary N) is 1. The summed E-state index contributed by atoms with van der Waals surface area (Å²) in [6.07, 6.45) is -3.08. The molecule has 2 N–H and O–H groups in total. The van der Waals surface area contributed by atoms with Gasteiger partial charge in [0.1, 0.15) is 5.75 Å². The number of hydrogen-bond acceptors (Lipinski definition) is 3. The van der Waals surface area contributed by atoms with Crippen LogP contribution in [-0.2, 0) is 0 Å². The van der Waals surface area contributed by atoms with Crippen molar-refractivity contribution >= 4 is 0 Å². The van der Waals surface area contributed by atoms with Crippen molar-refractivity contribution < 1.29 is 17.9 Å². The Kier molecular flexibility index (Phi) is 3.74. The number of pyridine rings is 1. The quantitative estimate of drug-likeness (QED) is 0.873. The number of aryl methyl sites for hydroxylation is 1. The molecule has 16 heavy (non-hydrogen) atoms. The highest BCUT2D eigenvalue weighted by Gasteiger charge is 2.28. The predicted molar refractivity (Wildman–Crippen MR) is 53.1 cm³/mol. The van der Waals surface area contributed by atoms with Gasteiger partial charge in [-0.05, 0) is 25.5 Å². The van der Waals surface area contributed by atoms with Crippen molar-refractivity contribution in [3.8, 4) is 5.75 Å². The molecule has 0 aromatic carbocycles. The number of nitrogens with zero attached hydrogens (tertiary/aromatic N) is 1. The fourth-order valence-corrected chi connectivity index (χ4v) is 1.12. The standard InChI is InChI=1S/C10H13F3N2O/c1-6-3-8(7(2)14)15-4-9(6)16-5-10(11,12)13/h3-4,7H,5,14H2,1-2H3. The molecule has 0 aliphatic heterocycles. The van der Waals surface area contributed by atoms with Gasteiger partial charge in [0.15, 0.2) is 6.61 Å². The van der Waals surface area contributed by atoms with Gasteiger partial charge in [0, 0.05) is 6.04 Å². The lowest BCUT2D eigenvalue weighted by Crippen LogP contribution is -2.19.